The molecule has 0 spiro atoms. The van der Waals surface area contributed by atoms with Crippen molar-refractivity contribution in [2.45, 2.75) is 44.6 Å². The maximum atomic E-state index is 12.1. The van der Waals surface area contributed by atoms with Crippen molar-refractivity contribution in [1.29, 1.82) is 0 Å². The normalized spacial score (nSPS) is 22.8. The van der Waals surface area contributed by atoms with Crippen LogP contribution >= 0.6 is 11.3 Å². The van der Waals surface area contributed by atoms with Crippen LogP contribution in [0.2, 0.25) is 0 Å². The van der Waals surface area contributed by atoms with Gasteiger partial charge in [-0.2, -0.15) is 0 Å². The van der Waals surface area contributed by atoms with Gasteiger partial charge in [0.1, 0.15) is 0 Å². The average molecular weight is 295 g/mol. The highest BCUT2D eigenvalue weighted by Gasteiger charge is 2.24. The van der Waals surface area contributed by atoms with Crippen LogP contribution < -0.4 is 5.32 Å². The lowest BCUT2D eigenvalue weighted by atomic mass is 10.0. The Morgan fingerprint density at radius 1 is 1.40 bits per heavy atom. The molecule has 20 heavy (non-hydrogen) atoms. The highest BCUT2D eigenvalue weighted by Crippen LogP contribution is 2.30. The summed E-state index contributed by atoms with van der Waals surface area (Å²) < 4.78 is 0. The van der Waals surface area contributed by atoms with Crippen LogP contribution in [-0.2, 0) is 17.6 Å². The number of hydrogen-bond acceptors (Lipinski definition) is 5. The number of carbonyl (C=O) groups is 1. The van der Waals surface area contributed by atoms with Gasteiger partial charge in [0.05, 0.1) is 18.8 Å². The molecule has 5 nitrogen and oxygen atoms in total. The molecule has 0 radical (unpaired) electrons. The van der Waals surface area contributed by atoms with E-state index in [0.717, 1.165) is 49.5 Å². The molecule has 2 N–H and O–H groups in total. The highest BCUT2D eigenvalue weighted by molar-refractivity contribution is 7.15. The van der Waals surface area contributed by atoms with Crippen molar-refractivity contribution >= 4 is 22.4 Å². The van der Waals surface area contributed by atoms with E-state index in [4.69, 9.17) is 0 Å². The van der Waals surface area contributed by atoms with Crippen LogP contribution in [0.25, 0.3) is 0 Å². The number of thiazole rings is 1. The van der Waals surface area contributed by atoms with E-state index in [1.165, 1.54) is 11.3 Å². The van der Waals surface area contributed by atoms with Crippen LogP contribution in [0.15, 0.2) is 0 Å². The summed E-state index contributed by atoms with van der Waals surface area (Å²) in [5.74, 6) is -0.0160. The third-order valence-electron chi connectivity index (χ3n) is 4.15. The third-order valence-corrected chi connectivity index (χ3v) is 5.22. The lowest BCUT2D eigenvalue weighted by Gasteiger charge is -2.33. The van der Waals surface area contributed by atoms with Crippen LogP contribution in [0.4, 0.5) is 5.13 Å². The maximum Gasteiger partial charge on any atom is 0.240 e. The fourth-order valence-electron chi connectivity index (χ4n) is 3.06. The summed E-state index contributed by atoms with van der Waals surface area (Å²) >= 11 is 1.61. The number of aliphatic hydroxyl groups excluding tert-OH is 1. The number of nitrogens with one attached hydrogen (secondary N) is 1. The number of rotatable bonds is 4. The van der Waals surface area contributed by atoms with Gasteiger partial charge in [0, 0.05) is 10.9 Å². The SMILES string of the molecule is O=C(CN1CCCCC1CO)Nc1nc2c(s1)CCC2. The van der Waals surface area contributed by atoms with Crippen LogP contribution in [0.5, 0.6) is 0 Å². The molecule has 1 unspecified atom stereocenters. The van der Waals surface area contributed by atoms with E-state index >= 15 is 0 Å². The number of aliphatic hydroxyl groups is 1. The quantitative estimate of drug-likeness (QED) is 0.881. The Balaban J connectivity index is 1.55. The van der Waals surface area contributed by atoms with Gasteiger partial charge in [-0.05, 0) is 38.6 Å². The van der Waals surface area contributed by atoms with Crippen molar-refractivity contribution in [3.05, 3.63) is 10.6 Å². The second-order valence-corrected chi connectivity index (χ2v) is 6.68. The molecule has 3 rings (SSSR count). The standard InChI is InChI=1S/C14H21N3O2S/c18-9-10-4-1-2-7-17(10)8-13(19)16-14-15-11-5-3-6-12(11)20-14/h10,18H,1-9H2,(H,15,16,19). The Bertz CT molecular complexity index is 467. The monoisotopic (exact) mass is 295 g/mol. The molecule has 2 aliphatic rings. The smallest absolute Gasteiger partial charge is 0.240 e. The summed E-state index contributed by atoms with van der Waals surface area (Å²) in [6.45, 7) is 1.39. The Morgan fingerprint density at radius 2 is 2.30 bits per heavy atom. The first-order chi connectivity index (χ1) is 9.76. The Hall–Kier alpha value is -0.980. The van der Waals surface area contributed by atoms with E-state index in [0.29, 0.717) is 6.54 Å². The number of aryl methyl sites for hydroxylation is 2. The van der Waals surface area contributed by atoms with E-state index in [9.17, 15) is 9.90 Å². The van der Waals surface area contributed by atoms with E-state index in [2.05, 4.69) is 15.2 Å². The molecule has 1 atom stereocenters. The first kappa shape index (κ1) is 14.0. The van der Waals surface area contributed by atoms with Crippen molar-refractivity contribution in [3.63, 3.8) is 0 Å². The van der Waals surface area contributed by atoms with Gasteiger partial charge in [-0.3, -0.25) is 9.69 Å². The van der Waals surface area contributed by atoms with Crippen molar-refractivity contribution in [3.8, 4) is 0 Å². The molecule has 1 saturated heterocycles. The summed E-state index contributed by atoms with van der Waals surface area (Å²) in [5.41, 5.74) is 1.16. The minimum atomic E-state index is -0.0160. The summed E-state index contributed by atoms with van der Waals surface area (Å²) in [6, 6.07) is 0.135. The number of likely N-dealkylation sites (tertiary alicyclic amines) is 1. The van der Waals surface area contributed by atoms with E-state index in [1.807, 2.05) is 0 Å². The van der Waals surface area contributed by atoms with Gasteiger partial charge < -0.3 is 10.4 Å². The average Bonchev–Trinajstić information content (AvgIpc) is 3.00. The molecular weight excluding hydrogens is 274 g/mol. The molecule has 0 saturated carbocycles. The zero-order valence-electron chi connectivity index (χ0n) is 11.6. The van der Waals surface area contributed by atoms with Crippen molar-refractivity contribution in [2.24, 2.45) is 0 Å². The molecule has 1 aromatic heterocycles. The summed E-state index contributed by atoms with van der Waals surface area (Å²) in [6.07, 6.45) is 6.56. The fraction of sp³-hybridized carbons (Fsp3) is 0.714. The largest absolute Gasteiger partial charge is 0.395 e. The molecule has 1 aliphatic carbocycles. The summed E-state index contributed by atoms with van der Waals surface area (Å²) in [5, 5.41) is 13.0. The van der Waals surface area contributed by atoms with Gasteiger partial charge in [0.25, 0.3) is 0 Å². The van der Waals surface area contributed by atoms with E-state index in [1.54, 1.807) is 11.3 Å². The lowest BCUT2D eigenvalue weighted by molar-refractivity contribution is -0.118. The molecular formula is C14H21N3O2S. The summed E-state index contributed by atoms with van der Waals surface area (Å²) in [7, 11) is 0. The number of piperidine rings is 1. The zero-order valence-corrected chi connectivity index (χ0v) is 12.4. The van der Waals surface area contributed by atoms with Crippen LogP contribution in [-0.4, -0.2) is 46.6 Å². The molecule has 2 heterocycles. The van der Waals surface area contributed by atoms with E-state index < -0.39 is 0 Å². The van der Waals surface area contributed by atoms with Crippen molar-refractivity contribution in [1.82, 2.24) is 9.88 Å². The van der Waals surface area contributed by atoms with Gasteiger partial charge in [-0.15, -0.1) is 11.3 Å². The van der Waals surface area contributed by atoms with Gasteiger partial charge in [0.15, 0.2) is 5.13 Å². The fourth-order valence-corrected chi connectivity index (χ4v) is 4.13. The predicted molar refractivity (Wildman–Crippen MR) is 79.1 cm³/mol. The maximum absolute atomic E-state index is 12.1. The molecule has 1 fully saturated rings. The first-order valence-electron chi connectivity index (χ1n) is 7.39. The van der Waals surface area contributed by atoms with Crippen LogP contribution in [0.1, 0.15) is 36.3 Å². The minimum Gasteiger partial charge on any atom is -0.395 e. The number of amides is 1. The Labute approximate surface area is 123 Å². The van der Waals surface area contributed by atoms with Crippen molar-refractivity contribution in [2.75, 3.05) is 25.0 Å². The molecule has 1 amide bonds. The van der Waals surface area contributed by atoms with Gasteiger partial charge in [0.2, 0.25) is 5.91 Å². The van der Waals surface area contributed by atoms with Gasteiger partial charge in [-0.1, -0.05) is 6.42 Å². The van der Waals surface area contributed by atoms with Gasteiger partial charge >= 0.3 is 0 Å². The second-order valence-electron chi connectivity index (χ2n) is 5.59. The van der Waals surface area contributed by atoms with Crippen LogP contribution in [0.3, 0.4) is 0 Å². The topological polar surface area (TPSA) is 65.5 Å². The molecule has 1 aromatic rings. The van der Waals surface area contributed by atoms with E-state index in [-0.39, 0.29) is 18.6 Å². The number of carbonyl (C=O) groups excluding carboxylic acids is 1. The Morgan fingerprint density at radius 3 is 3.10 bits per heavy atom. The minimum absolute atomic E-state index is 0.0160. The molecule has 110 valence electrons. The van der Waals surface area contributed by atoms with Crippen molar-refractivity contribution < 1.29 is 9.90 Å². The third kappa shape index (κ3) is 3.02. The number of anilines is 1. The number of fused-ring (bicyclic) bond motifs is 1. The summed E-state index contributed by atoms with van der Waals surface area (Å²) in [4.78, 5) is 20.0. The molecule has 6 heteroatoms. The highest BCUT2D eigenvalue weighted by atomic mass is 32.1. The second kappa shape index (κ2) is 6.20. The van der Waals surface area contributed by atoms with Crippen LogP contribution in [0, 0.1) is 0 Å². The Kier molecular flexibility index (Phi) is 4.33. The van der Waals surface area contributed by atoms with Gasteiger partial charge in [-0.25, -0.2) is 4.98 Å². The predicted octanol–water partition coefficient (Wildman–Crippen LogP) is 1.42. The number of hydrogen-bond donors (Lipinski definition) is 2. The first-order valence-corrected chi connectivity index (χ1v) is 8.21. The lowest BCUT2D eigenvalue weighted by Crippen LogP contribution is -2.45. The molecule has 0 bridgehead atoms. The molecule has 0 aromatic carbocycles. The number of nitrogens with zero attached hydrogens (tertiary/aromatic N) is 2. The zero-order chi connectivity index (χ0) is 13.9. The number of aromatic nitrogens is 1. The molecule has 1 aliphatic heterocycles.